The molecule has 3 aliphatic rings. The van der Waals surface area contributed by atoms with E-state index in [0.717, 1.165) is 57.0 Å². The van der Waals surface area contributed by atoms with Crippen LogP contribution in [0.2, 0.25) is 0 Å². The second-order valence-electron chi connectivity index (χ2n) is 36.2. The number of likely N-dealkylation sites (N-methyl/N-ethyl adjacent to an activating group) is 1. The molecule has 0 aliphatic carbocycles. The number of nitrogens with two attached hydrogens (primary N) is 9. The van der Waals surface area contributed by atoms with Crippen LogP contribution >= 0.6 is 11.8 Å². The molecule has 0 aromatic heterocycles. The molecule has 0 bridgehead atoms. The molecular formula is C91H153N38O15S2+. The smallest absolute Gasteiger partial charge is 0.294 e. The van der Waals surface area contributed by atoms with E-state index in [-0.39, 0.29) is 208 Å². The maximum atomic E-state index is 15.1. The van der Waals surface area contributed by atoms with Crippen molar-refractivity contribution in [1.29, 1.82) is 43.3 Å². The minimum Gasteiger partial charge on any atom is -0.370 e. The Labute approximate surface area is 854 Å². The number of nitrogens with one attached hydrogen (secondary N) is 26. The molecule has 1 unspecified atom stereocenters. The number of primary amides is 1. The molecule has 808 valence electrons. The molecule has 53 nitrogen and oxygen atoms in total. The van der Waals surface area contributed by atoms with Gasteiger partial charge in [0.2, 0.25) is 76.6 Å². The van der Waals surface area contributed by atoms with Gasteiger partial charge in [-0.3, -0.25) is 110 Å². The first-order valence-corrected chi connectivity index (χ1v) is 51.0. The second kappa shape index (κ2) is 61.5. The Morgan fingerprint density at radius 3 is 1.14 bits per heavy atom. The van der Waals surface area contributed by atoms with Crippen molar-refractivity contribution in [3.63, 3.8) is 0 Å². The van der Waals surface area contributed by atoms with Crippen LogP contribution < -0.4 is 152 Å². The zero-order chi connectivity index (χ0) is 109. The summed E-state index contributed by atoms with van der Waals surface area (Å²) in [5, 5.41) is 109. The summed E-state index contributed by atoms with van der Waals surface area (Å²) in [6.07, 6.45) is 11.1. The van der Waals surface area contributed by atoms with Crippen molar-refractivity contribution < 1.29 is 75.1 Å². The molecule has 2 aromatic carbocycles. The molecule has 0 radical (unpaired) electrons. The number of benzene rings is 2. The molecule has 45 N–H and O–H groups in total. The van der Waals surface area contributed by atoms with Gasteiger partial charge < -0.3 is 152 Å². The quantitative estimate of drug-likeness (QED) is 0.00559. The zero-order valence-corrected chi connectivity index (χ0v) is 85.4. The number of hydrogen-bond acceptors (Lipinski definition) is 25. The maximum Gasteiger partial charge on any atom is 0.294 e. The molecule has 0 spiro atoms. The number of likely N-dealkylation sites (tertiary alicyclic amines) is 1. The topological polar surface area (TPSA) is 910 Å². The first kappa shape index (κ1) is 122. The minimum atomic E-state index is -4.41. The molecule has 55 heteroatoms. The lowest BCUT2D eigenvalue weighted by atomic mass is 9.81. The van der Waals surface area contributed by atoms with Crippen molar-refractivity contribution in [3.05, 3.63) is 89.7 Å². The Balaban J connectivity index is 1.31. The number of nitrogens with zero attached hydrogens (tertiary/aromatic N) is 3. The molecule has 2 aromatic rings. The number of amides is 12. The average Bonchev–Trinajstić information content (AvgIpc) is 1.59. The van der Waals surface area contributed by atoms with Gasteiger partial charge in [-0.15, -0.1) is 11.8 Å². The second-order valence-corrected chi connectivity index (χ2v) is 38.8. The Kier molecular flexibility index (Phi) is 51.3. The minimum absolute atomic E-state index is 0.00664. The maximum absolute atomic E-state index is 15.1. The van der Waals surface area contributed by atoms with E-state index in [4.69, 9.17) is 94.9 Å². The van der Waals surface area contributed by atoms with Gasteiger partial charge in [-0.2, -0.15) is 13.0 Å². The van der Waals surface area contributed by atoms with E-state index in [1.54, 1.807) is 6.07 Å². The van der Waals surface area contributed by atoms with E-state index in [1.807, 2.05) is 57.2 Å². The predicted molar refractivity (Wildman–Crippen MR) is 558 cm³/mol. The number of thioether (sulfide) groups is 1. The van der Waals surface area contributed by atoms with Crippen LogP contribution in [0.15, 0.2) is 83.4 Å². The van der Waals surface area contributed by atoms with Crippen LogP contribution in [0.3, 0.4) is 0 Å². The lowest BCUT2D eigenvalue weighted by Crippen LogP contribution is -2.60. The van der Waals surface area contributed by atoms with Gasteiger partial charge in [-0.25, -0.2) is 0 Å². The number of carbonyl (C=O) groups excluding carboxylic acids is 12. The Morgan fingerprint density at radius 1 is 0.438 bits per heavy atom. The molecule has 1 fully saturated rings. The molecule has 1 saturated heterocycles. The summed E-state index contributed by atoms with van der Waals surface area (Å²) in [4.78, 5) is 175. The van der Waals surface area contributed by atoms with Crippen LogP contribution in [0.5, 0.6) is 0 Å². The van der Waals surface area contributed by atoms with Gasteiger partial charge in [0.1, 0.15) is 54.9 Å². The fourth-order valence-corrected chi connectivity index (χ4v) is 18.4. The third-order valence-electron chi connectivity index (χ3n) is 24.3. The number of allylic oxidation sites excluding steroid dienone is 6. The van der Waals surface area contributed by atoms with Crippen molar-refractivity contribution in [2.75, 3.05) is 96.2 Å². The van der Waals surface area contributed by atoms with Crippen molar-refractivity contribution in [3.8, 4) is 0 Å². The number of guanidine groups is 8. The highest BCUT2D eigenvalue weighted by atomic mass is 32.2. The molecule has 146 heavy (non-hydrogen) atoms. The van der Waals surface area contributed by atoms with Crippen LogP contribution in [0.25, 0.3) is 0 Å². The van der Waals surface area contributed by atoms with E-state index in [9.17, 15) is 56.1 Å². The molecule has 10 atom stereocenters. The normalized spacial score (nSPS) is 16.0. The third-order valence-corrected chi connectivity index (χ3v) is 26.4. The lowest BCUT2D eigenvalue weighted by molar-refractivity contribution is -0.433. The van der Waals surface area contributed by atoms with Gasteiger partial charge >= 0.3 is 0 Å². The highest BCUT2D eigenvalue weighted by Gasteiger charge is 2.46. The summed E-state index contributed by atoms with van der Waals surface area (Å²) >= 11 is 0.851. The number of imide groups is 1. The van der Waals surface area contributed by atoms with Crippen LogP contribution in [-0.4, -0.2) is 298 Å². The van der Waals surface area contributed by atoms with E-state index in [0.29, 0.717) is 32.4 Å². The van der Waals surface area contributed by atoms with Crippen LogP contribution in [0.4, 0.5) is 11.4 Å². The largest absolute Gasteiger partial charge is 0.370 e. The molecular weight excluding hydrogens is 1930 g/mol. The Bertz CT molecular complexity index is 5190. The van der Waals surface area contributed by atoms with Gasteiger partial charge in [-0.05, 0) is 173 Å². The summed E-state index contributed by atoms with van der Waals surface area (Å²) < 4.78 is 36.1. The van der Waals surface area contributed by atoms with Gasteiger partial charge in [0.05, 0.1) is 21.6 Å². The Hall–Kier alpha value is -14.7. The number of anilines is 1. The first-order valence-electron chi connectivity index (χ1n) is 48.5. The van der Waals surface area contributed by atoms with Crippen LogP contribution in [0.1, 0.15) is 181 Å². The average molecular weight is 2080 g/mol. The summed E-state index contributed by atoms with van der Waals surface area (Å²) in [6.45, 7) is 11.6. The fraction of sp³-hybridized carbons (Fsp3) is 0.571. The van der Waals surface area contributed by atoms with Gasteiger partial charge in [0, 0.05) is 125 Å². The number of rotatable bonds is 67. The summed E-state index contributed by atoms with van der Waals surface area (Å²) in [5.41, 5.74) is 55.4. The van der Waals surface area contributed by atoms with E-state index >= 15 is 14.4 Å². The summed E-state index contributed by atoms with van der Waals surface area (Å²) in [5.74, 6) is -13.8. The molecule has 12 amide bonds. The number of para-hydroxylation sites is 1. The number of hydrogen-bond donors (Lipinski definition) is 36. The highest BCUT2D eigenvalue weighted by Crippen LogP contribution is 2.48. The number of unbranched alkanes of at least 4 members (excludes halogenated alkanes) is 2. The molecule has 3 heterocycles. The van der Waals surface area contributed by atoms with Gasteiger partial charge in [-0.1, -0.05) is 56.7 Å². The highest BCUT2D eigenvalue weighted by molar-refractivity contribution is 8.00. The van der Waals surface area contributed by atoms with E-state index < -0.39 is 176 Å². The van der Waals surface area contributed by atoms with Crippen molar-refractivity contribution >= 4 is 158 Å². The van der Waals surface area contributed by atoms with Gasteiger partial charge in [0.15, 0.2) is 53.4 Å². The monoisotopic (exact) mass is 2080 g/mol. The number of carbonyl (C=O) groups is 12. The zero-order valence-electron chi connectivity index (χ0n) is 83.8. The van der Waals surface area contributed by atoms with E-state index in [2.05, 4.69) is 137 Å². The lowest BCUT2D eigenvalue weighted by Gasteiger charge is -2.28. The molecule has 3 aliphatic heterocycles. The van der Waals surface area contributed by atoms with Crippen LogP contribution in [0, 0.1) is 43.3 Å². The van der Waals surface area contributed by atoms with Crippen LogP contribution in [-0.2, 0) is 78.5 Å². The van der Waals surface area contributed by atoms with Crippen molar-refractivity contribution in [2.45, 2.75) is 245 Å². The van der Waals surface area contributed by atoms with E-state index in [1.165, 1.54) is 19.2 Å². The number of fused-ring (bicyclic) bond motifs is 2. The standard InChI is InChI=1S/C91H152N38O15S2/c1-7-127-66-38-37-53(146(142,143)144)50-55(66)91(4,5)68(127)34-10-8-11-35-69-90(2,3)54-24-13-14-33-65(54)128(69)48-15-9-12-36-70(130)110-47-49-129-71(131)51-67(81(129)141)145-52-64(72(92)132)126-80(140)63(32-23-46-118-89(107)108)125-79(139)62(31-22-45-117-88(105)106)124-78(138)61(30-21-44-116-87(103)104)123-77(137)60(29-20-43-115-86(101)102)122-76(136)59(28-19-42-114-85(99)100)121-75(135)58(27-18-41-113-84(97)98)120-74(134)57(26-17-40-112-83(95)96)119-73(133)56(109-6)25-16-39-111-82(93)94/h8,10-11,13-14,24,33-35,37-38,50,56-64,67,109H,7,9,12,15-23,25-32,36,39-49,51-52H2,1-6H3,(H43-,92,93,94,95,96,97,98,99,100,101,102,103,104,105,106,107,108,110,111,112,113,114,115,116,117,118,119,120,121,122,123,124,125,126,130,132,133,134,135,136,137,138,139,140,142,143,144)/p+1/t56-,57-,58-,59-,60-,61-,62-,63-,64-,67?/m1/s1. The third kappa shape index (κ3) is 41.6. The van der Waals surface area contributed by atoms with Gasteiger partial charge in [0.25, 0.3) is 10.1 Å². The Morgan fingerprint density at radius 2 is 0.795 bits per heavy atom. The first-order chi connectivity index (χ1) is 69.0. The molecule has 0 saturated carbocycles. The van der Waals surface area contributed by atoms with Crippen molar-refractivity contribution in [1.82, 2.24) is 101 Å². The predicted octanol–water partition coefficient (Wildman–Crippen LogP) is -5.28. The summed E-state index contributed by atoms with van der Waals surface area (Å²) in [7, 11) is -2.89. The fourth-order valence-electron chi connectivity index (χ4n) is 16.6. The summed E-state index contributed by atoms with van der Waals surface area (Å²) in [6, 6.07) is -0.432. The molecule has 5 rings (SSSR count). The SMILES string of the molecule is CC[N+]1=C(/C=C/C=C/C=C2/N(CCCCCC(=O)NCCN3C(=O)CC(SC[C@@H](NC(=O)[C@@H](CCCNC(=N)N)NC(=O)[C@@H](CCCNC(=N)N)NC(=O)[C@@H](CCCNC(=N)N)NC(=O)[C@@H](CCCNC(=N)N)NC(=O)[C@@H](CCCNC(=N)N)NC(=O)[C@@H](CCCNC(=N)N)NC(=O)[C@@H](CCCNC(=N)N)NC(=O)[C@@H](CCCNC(=N)N)NC)C(N)=O)C3=O)c3ccccc3C2(C)C)C(C)(C)c2cc(S(=O)(=O)O)ccc21. The van der Waals surface area contributed by atoms with Crippen molar-refractivity contribution in [2.24, 2.45) is 51.6 Å².